The molecule has 0 aliphatic rings. The molecule has 2 N–H and O–H groups in total. The third kappa shape index (κ3) is 12.7. The molecule has 8 rings (SSSR count). The van der Waals surface area contributed by atoms with Gasteiger partial charge in [-0.3, -0.25) is 29.9 Å². The molecule has 0 atom stereocenters. The van der Waals surface area contributed by atoms with Gasteiger partial charge in [0.05, 0.1) is 0 Å². The number of nitrogens with one attached hydrogen (secondary N) is 2. The van der Waals surface area contributed by atoms with Gasteiger partial charge in [0.15, 0.2) is 28.3 Å². The molecule has 8 aromatic rings. The van der Waals surface area contributed by atoms with Crippen molar-refractivity contribution in [2.75, 3.05) is 10.6 Å². The fourth-order valence-electron chi connectivity index (χ4n) is 5.40. The Bertz CT molecular complexity index is 2930. The number of hydrogen-bond donors (Lipinski definition) is 2. The Labute approximate surface area is 364 Å². The first-order valence-electron chi connectivity index (χ1n) is 18.7. The maximum atomic E-state index is 14.7. The van der Waals surface area contributed by atoms with Crippen LogP contribution in [-0.2, 0) is 13.1 Å². The highest BCUT2D eigenvalue weighted by molar-refractivity contribution is 6.29. The average Bonchev–Trinajstić information content (AvgIpc) is 3.30. The Hall–Kier alpha value is -8.21. The van der Waals surface area contributed by atoms with Crippen LogP contribution in [0.5, 0.6) is 0 Å². The first-order chi connectivity index (χ1) is 30.6. The van der Waals surface area contributed by atoms with Gasteiger partial charge in [0.2, 0.25) is 5.82 Å². The number of pyridine rings is 6. The van der Waals surface area contributed by atoms with E-state index in [4.69, 9.17) is 18.0 Å². The Morgan fingerprint density at radius 3 is 1.57 bits per heavy atom. The van der Waals surface area contributed by atoms with Crippen molar-refractivity contribution in [2.45, 2.75) is 26.9 Å². The van der Waals surface area contributed by atoms with Crippen LogP contribution in [0.4, 0.5) is 29.2 Å². The molecular formula is C46H33ClF4N12. The van der Waals surface area contributed by atoms with Crippen LogP contribution in [0.15, 0.2) is 123 Å². The third-order valence-electron chi connectivity index (χ3n) is 8.41. The van der Waals surface area contributed by atoms with Crippen molar-refractivity contribution in [3.8, 4) is 46.7 Å². The van der Waals surface area contributed by atoms with Crippen LogP contribution in [0.1, 0.15) is 39.3 Å². The van der Waals surface area contributed by atoms with Crippen molar-refractivity contribution in [2.24, 2.45) is 0 Å². The average molecular weight is 865 g/mol. The first kappa shape index (κ1) is 44.3. The van der Waals surface area contributed by atoms with Gasteiger partial charge in [-0.2, -0.15) is 8.78 Å². The van der Waals surface area contributed by atoms with Crippen LogP contribution in [0.2, 0.25) is 5.15 Å². The lowest BCUT2D eigenvalue weighted by atomic mass is 10.1. The Morgan fingerprint density at radius 1 is 0.571 bits per heavy atom. The molecule has 0 amide bonds. The number of hydrogen-bond acceptors (Lipinski definition) is 12. The van der Waals surface area contributed by atoms with Gasteiger partial charge >= 0.3 is 0 Å². The second-order valence-electron chi connectivity index (χ2n) is 13.0. The number of terminal acetylenes is 1. The van der Waals surface area contributed by atoms with E-state index in [2.05, 4.69) is 78.2 Å². The molecule has 0 unspecified atom stereocenters. The van der Waals surface area contributed by atoms with Crippen molar-refractivity contribution in [1.82, 2.24) is 49.8 Å². The normalized spacial score (nSPS) is 10.1. The molecule has 312 valence electrons. The number of halogens is 5. The van der Waals surface area contributed by atoms with Gasteiger partial charge in [0, 0.05) is 96.3 Å². The molecule has 0 aliphatic carbocycles. The van der Waals surface area contributed by atoms with E-state index in [1.165, 1.54) is 30.9 Å². The summed E-state index contributed by atoms with van der Waals surface area (Å²) in [5, 5.41) is 5.30. The summed E-state index contributed by atoms with van der Waals surface area (Å²) in [6.07, 6.45) is 20.2. The van der Waals surface area contributed by atoms with Crippen LogP contribution in [0.25, 0.3) is 22.5 Å². The van der Waals surface area contributed by atoms with E-state index >= 15 is 0 Å². The SMILES string of the molecule is C#Cc1cccnc1.Cc1cc(-c2ncc(CNc3ncnc(C#Cc4cccnc4)c3F)cc2F)ccn1.Cc1cc(-c2ncc(CNc3ncnc(Cl)c3F)cc2F)ccn1. The molecule has 0 aromatic carbocycles. The van der Waals surface area contributed by atoms with E-state index in [-0.39, 0.29) is 47.0 Å². The largest absolute Gasteiger partial charge is 0.363 e. The zero-order chi connectivity index (χ0) is 44.6. The van der Waals surface area contributed by atoms with E-state index in [1.54, 1.807) is 73.6 Å². The second kappa shape index (κ2) is 21.9. The van der Waals surface area contributed by atoms with Gasteiger partial charge in [-0.15, -0.1) is 6.42 Å². The van der Waals surface area contributed by atoms with E-state index in [1.807, 2.05) is 26.0 Å². The summed E-state index contributed by atoms with van der Waals surface area (Å²) >= 11 is 5.58. The molecule has 0 spiro atoms. The van der Waals surface area contributed by atoms with Crippen molar-refractivity contribution in [1.29, 1.82) is 0 Å². The number of nitrogens with zero attached hydrogens (tertiary/aromatic N) is 10. The van der Waals surface area contributed by atoms with E-state index in [0.717, 1.165) is 23.3 Å². The fourth-order valence-corrected chi connectivity index (χ4v) is 5.53. The van der Waals surface area contributed by atoms with Gasteiger partial charge in [-0.25, -0.2) is 28.7 Å². The molecular weight excluding hydrogens is 832 g/mol. The minimum atomic E-state index is -0.753. The van der Waals surface area contributed by atoms with Crippen LogP contribution < -0.4 is 10.6 Å². The molecule has 8 heterocycles. The number of rotatable bonds is 8. The van der Waals surface area contributed by atoms with Crippen molar-refractivity contribution >= 4 is 23.2 Å². The first-order valence-corrected chi connectivity index (χ1v) is 19.0. The predicted molar refractivity (Wildman–Crippen MR) is 230 cm³/mol. The van der Waals surface area contributed by atoms with Crippen LogP contribution in [0.3, 0.4) is 0 Å². The maximum Gasteiger partial charge on any atom is 0.202 e. The highest BCUT2D eigenvalue weighted by Gasteiger charge is 2.13. The quantitative estimate of drug-likeness (QED) is 0.0853. The summed E-state index contributed by atoms with van der Waals surface area (Å²) in [5.41, 5.74) is 5.79. The zero-order valence-corrected chi connectivity index (χ0v) is 34.2. The molecule has 0 saturated carbocycles. The highest BCUT2D eigenvalue weighted by atomic mass is 35.5. The Morgan fingerprint density at radius 2 is 1.10 bits per heavy atom. The van der Waals surface area contributed by atoms with Crippen LogP contribution >= 0.6 is 11.6 Å². The monoisotopic (exact) mass is 864 g/mol. The summed E-state index contributed by atoms with van der Waals surface area (Å²) in [7, 11) is 0. The van der Waals surface area contributed by atoms with E-state index < -0.39 is 23.3 Å². The van der Waals surface area contributed by atoms with Gasteiger partial charge in [0.1, 0.15) is 35.7 Å². The van der Waals surface area contributed by atoms with Crippen LogP contribution in [0, 0.1) is 61.3 Å². The minimum Gasteiger partial charge on any atom is -0.363 e. The molecule has 17 heteroatoms. The van der Waals surface area contributed by atoms with Crippen molar-refractivity contribution < 1.29 is 17.6 Å². The predicted octanol–water partition coefficient (Wildman–Crippen LogP) is 8.78. The number of anilines is 2. The van der Waals surface area contributed by atoms with E-state index in [9.17, 15) is 17.6 Å². The minimum absolute atomic E-state index is 0.0280. The summed E-state index contributed by atoms with van der Waals surface area (Å²) in [6, 6.07) is 16.7. The van der Waals surface area contributed by atoms with E-state index in [0.29, 0.717) is 27.8 Å². The lowest BCUT2D eigenvalue weighted by Crippen LogP contribution is -2.07. The lowest BCUT2D eigenvalue weighted by molar-refractivity contribution is 0.611. The molecule has 0 fully saturated rings. The third-order valence-corrected chi connectivity index (χ3v) is 8.67. The summed E-state index contributed by atoms with van der Waals surface area (Å²) in [5.74, 6) is 5.48. The zero-order valence-electron chi connectivity index (χ0n) is 33.4. The maximum absolute atomic E-state index is 14.7. The van der Waals surface area contributed by atoms with Gasteiger partial charge in [-0.05, 0) is 91.6 Å². The molecule has 8 aromatic heterocycles. The molecule has 0 bridgehead atoms. The lowest BCUT2D eigenvalue weighted by Gasteiger charge is -2.09. The topological polar surface area (TPSA) is 153 Å². The Kier molecular flexibility index (Phi) is 15.4. The molecule has 0 saturated heterocycles. The summed E-state index contributed by atoms with van der Waals surface area (Å²) in [4.78, 5) is 39.4. The van der Waals surface area contributed by atoms with Crippen molar-refractivity contribution in [3.63, 3.8) is 0 Å². The molecule has 0 radical (unpaired) electrons. The number of aromatic nitrogens is 10. The molecule has 12 nitrogen and oxygen atoms in total. The second-order valence-corrected chi connectivity index (χ2v) is 13.4. The van der Waals surface area contributed by atoms with Gasteiger partial charge < -0.3 is 10.6 Å². The van der Waals surface area contributed by atoms with Gasteiger partial charge in [-0.1, -0.05) is 23.4 Å². The molecule has 63 heavy (non-hydrogen) atoms. The van der Waals surface area contributed by atoms with Crippen molar-refractivity contribution in [3.05, 3.63) is 191 Å². The number of aryl methyl sites for hydroxylation is 2. The van der Waals surface area contributed by atoms with Gasteiger partial charge in [0.25, 0.3) is 0 Å². The summed E-state index contributed by atoms with van der Waals surface area (Å²) in [6.45, 7) is 3.92. The Balaban J connectivity index is 0.000000182. The fraction of sp³-hybridized carbons (Fsp3) is 0.0870. The van der Waals surface area contributed by atoms with Crippen LogP contribution in [-0.4, -0.2) is 49.8 Å². The molecule has 0 aliphatic heterocycles. The smallest absolute Gasteiger partial charge is 0.202 e. The standard InChI is InChI=1S/C23H16F2N6.C16H12ClF2N5.C7H5N/c1-15-9-18(6-8-27-15)22-19(24)10-17(12-28-22)13-29-23-21(25)20(30-14-31-23)5-4-16-3-2-7-26-11-16;1-9-4-11(2-3-20-9)14-12(18)5-10(6-21-14)7-22-16-13(19)15(17)23-8-24-16;1-2-7-4-3-5-8-6-7/h2-3,6-12,14H,13H2,1H3,(H,29,30,31);2-6,8H,7H2,1H3,(H,22,23,24);1,3-6H. The summed E-state index contributed by atoms with van der Waals surface area (Å²) < 4.78 is 57.2. The highest BCUT2D eigenvalue weighted by Crippen LogP contribution is 2.24.